The molecule has 1 aliphatic heterocycles. The van der Waals surface area contributed by atoms with E-state index >= 15 is 0 Å². The van der Waals surface area contributed by atoms with Gasteiger partial charge in [-0.1, -0.05) is 26.2 Å². The highest BCUT2D eigenvalue weighted by molar-refractivity contribution is 6.02. The number of urea groups is 1. The van der Waals surface area contributed by atoms with E-state index in [1.54, 1.807) is 61.4 Å². The van der Waals surface area contributed by atoms with Crippen molar-refractivity contribution in [3.63, 3.8) is 0 Å². The van der Waals surface area contributed by atoms with Gasteiger partial charge >= 0.3 is 6.03 Å². The van der Waals surface area contributed by atoms with Gasteiger partial charge in [-0.25, -0.2) is 4.79 Å². The zero-order valence-electron chi connectivity index (χ0n) is 29.2. The van der Waals surface area contributed by atoms with Gasteiger partial charge in [-0.2, -0.15) is 0 Å². The fourth-order valence-electron chi connectivity index (χ4n) is 6.45. The first-order valence-electron chi connectivity index (χ1n) is 17.4. The number of aliphatic hydroxyl groups is 1. The number of ether oxygens (including phenoxy) is 3. The number of likely N-dealkylation sites (N-methyl/N-ethyl adjacent to an activating group) is 1. The maximum absolute atomic E-state index is 14.4. The highest BCUT2D eigenvalue weighted by Gasteiger charge is 2.32. The summed E-state index contributed by atoms with van der Waals surface area (Å²) in [6, 6.07) is 11.0. The zero-order valence-corrected chi connectivity index (χ0v) is 29.2. The van der Waals surface area contributed by atoms with Crippen molar-refractivity contribution in [3.8, 4) is 11.5 Å². The molecule has 264 valence electrons. The largest absolute Gasteiger partial charge is 0.497 e. The third kappa shape index (κ3) is 10.3. The first kappa shape index (κ1) is 37.0. The van der Waals surface area contributed by atoms with E-state index in [1.165, 1.54) is 6.42 Å². The van der Waals surface area contributed by atoms with Gasteiger partial charge in [0.15, 0.2) is 0 Å². The van der Waals surface area contributed by atoms with E-state index in [0.29, 0.717) is 42.6 Å². The SMILES string of the molecule is COc1ccc(NC(=O)Nc2ccc3c(c2)C(=O)N([C@@H](C)CO)C[C@H](C)[C@@H](CN(C)C(=O)C2CCCCC2)OCCCC[C@@H](C)O3)cc1. The Morgan fingerprint density at radius 3 is 2.35 bits per heavy atom. The van der Waals surface area contributed by atoms with Crippen molar-refractivity contribution in [2.45, 2.75) is 90.4 Å². The van der Waals surface area contributed by atoms with Gasteiger partial charge < -0.3 is 39.8 Å². The maximum Gasteiger partial charge on any atom is 0.323 e. The number of aliphatic hydroxyl groups excluding tert-OH is 1. The number of nitrogens with one attached hydrogen (secondary N) is 2. The molecule has 4 amide bonds. The van der Waals surface area contributed by atoms with Gasteiger partial charge in [-0.3, -0.25) is 9.59 Å². The Bertz CT molecular complexity index is 1350. The molecule has 0 radical (unpaired) electrons. The number of carbonyl (C=O) groups is 3. The van der Waals surface area contributed by atoms with Gasteiger partial charge in [0.05, 0.1) is 37.5 Å². The Labute approximate surface area is 285 Å². The van der Waals surface area contributed by atoms with Crippen LogP contribution in [0.25, 0.3) is 0 Å². The fraction of sp³-hybridized carbons (Fsp3) is 0.595. The minimum absolute atomic E-state index is 0.0594. The van der Waals surface area contributed by atoms with Gasteiger partial charge in [0.25, 0.3) is 5.91 Å². The lowest BCUT2D eigenvalue weighted by Crippen LogP contribution is -2.48. The lowest BCUT2D eigenvalue weighted by molar-refractivity contribution is -0.137. The summed E-state index contributed by atoms with van der Waals surface area (Å²) < 4.78 is 17.9. The molecule has 0 bridgehead atoms. The second kappa shape index (κ2) is 18.1. The van der Waals surface area contributed by atoms with Gasteiger partial charge in [-0.15, -0.1) is 0 Å². The van der Waals surface area contributed by atoms with E-state index in [0.717, 1.165) is 44.9 Å². The Morgan fingerprint density at radius 2 is 1.67 bits per heavy atom. The molecule has 3 N–H and O–H groups in total. The molecule has 2 aromatic rings. The number of fused-ring (bicyclic) bond motifs is 1. The van der Waals surface area contributed by atoms with Crippen LogP contribution in [-0.4, -0.2) is 91.5 Å². The molecule has 1 aliphatic carbocycles. The highest BCUT2D eigenvalue weighted by atomic mass is 16.5. The van der Waals surface area contributed by atoms with Crippen LogP contribution < -0.4 is 20.1 Å². The summed E-state index contributed by atoms with van der Waals surface area (Å²) in [4.78, 5) is 44.1. The molecule has 4 atom stereocenters. The van der Waals surface area contributed by atoms with Crippen molar-refractivity contribution < 1.29 is 33.7 Å². The number of nitrogens with zero attached hydrogens (tertiary/aromatic N) is 2. The monoisotopic (exact) mass is 666 g/mol. The van der Waals surface area contributed by atoms with Crippen LogP contribution >= 0.6 is 0 Å². The normalized spacial score (nSPS) is 22.0. The molecule has 0 spiro atoms. The lowest BCUT2D eigenvalue weighted by atomic mass is 9.88. The Balaban J connectivity index is 1.57. The van der Waals surface area contributed by atoms with Crippen molar-refractivity contribution in [2.24, 2.45) is 11.8 Å². The molecule has 0 aromatic heterocycles. The van der Waals surface area contributed by atoms with Crippen LogP contribution in [0, 0.1) is 11.8 Å². The molecular weight excluding hydrogens is 612 g/mol. The van der Waals surface area contributed by atoms with Crippen molar-refractivity contribution in [1.82, 2.24) is 9.80 Å². The summed E-state index contributed by atoms with van der Waals surface area (Å²) in [5.74, 6) is 0.842. The molecule has 2 aromatic carbocycles. The van der Waals surface area contributed by atoms with Crippen molar-refractivity contribution in [1.29, 1.82) is 0 Å². The third-order valence-corrected chi connectivity index (χ3v) is 9.44. The minimum atomic E-state index is -0.504. The second-order valence-electron chi connectivity index (χ2n) is 13.4. The summed E-state index contributed by atoms with van der Waals surface area (Å²) in [5, 5.41) is 15.9. The average Bonchev–Trinajstić information content (AvgIpc) is 3.09. The summed E-state index contributed by atoms with van der Waals surface area (Å²) >= 11 is 0. The predicted octanol–water partition coefficient (Wildman–Crippen LogP) is 6.17. The number of hydrogen-bond donors (Lipinski definition) is 3. The second-order valence-corrected chi connectivity index (χ2v) is 13.4. The smallest absolute Gasteiger partial charge is 0.323 e. The van der Waals surface area contributed by atoms with E-state index in [2.05, 4.69) is 10.6 Å². The van der Waals surface area contributed by atoms with E-state index in [-0.39, 0.29) is 48.0 Å². The van der Waals surface area contributed by atoms with Gasteiger partial charge in [0.2, 0.25) is 5.91 Å². The minimum Gasteiger partial charge on any atom is -0.497 e. The molecule has 1 saturated carbocycles. The number of carbonyl (C=O) groups excluding carboxylic acids is 3. The van der Waals surface area contributed by atoms with Gasteiger partial charge in [0, 0.05) is 50.0 Å². The average molecular weight is 667 g/mol. The molecule has 11 heteroatoms. The molecule has 11 nitrogen and oxygen atoms in total. The summed E-state index contributed by atoms with van der Waals surface area (Å²) in [7, 11) is 3.43. The van der Waals surface area contributed by atoms with Crippen LogP contribution in [0.1, 0.15) is 82.5 Å². The summed E-state index contributed by atoms with van der Waals surface area (Å²) in [6.07, 6.45) is 7.23. The molecule has 48 heavy (non-hydrogen) atoms. The van der Waals surface area contributed by atoms with E-state index in [1.807, 2.05) is 25.8 Å². The van der Waals surface area contributed by atoms with E-state index in [9.17, 15) is 19.5 Å². The van der Waals surface area contributed by atoms with Crippen LogP contribution in [0.4, 0.5) is 16.2 Å². The predicted molar refractivity (Wildman–Crippen MR) is 187 cm³/mol. The van der Waals surface area contributed by atoms with Crippen LogP contribution in [0.2, 0.25) is 0 Å². The maximum atomic E-state index is 14.4. The lowest BCUT2D eigenvalue weighted by Gasteiger charge is -2.36. The van der Waals surface area contributed by atoms with Crippen molar-refractivity contribution in [2.75, 3.05) is 51.1 Å². The van der Waals surface area contributed by atoms with Gasteiger partial charge in [-0.05, 0) is 88.4 Å². The standard InChI is InChI=1S/C37H54N4O7/c1-25-22-41(26(2)24-42)36(44)32-21-30(39-37(45)38-29-14-17-31(46-5)18-15-29)16-19-33(32)48-27(3)11-9-10-20-47-34(25)23-40(4)35(43)28-12-7-6-8-13-28/h14-19,21,25-28,34,42H,6-13,20,22-24H2,1-5H3,(H2,38,39,45)/t25-,26-,27+,34+/m0/s1. The van der Waals surface area contributed by atoms with Crippen molar-refractivity contribution in [3.05, 3.63) is 48.0 Å². The number of methoxy groups -OCH3 is 1. The van der Waals surface area contributed by atoms with Crippen LogP contribution in [0.15, 0.2) is 42.5 Å². The Kier molecular flexibility index (Phi) is 13.9. The summed E-state index contributed by atoms with van der Waals surface area (Å²) in [5.41, 5.74) is 1.29. The fourth-order valence-corrected chi connectivity index (χ4v) is 6.45. The van der Waals surface area contributed by atoms with Gasteiger partial charge in [0.1, 0.15) is 11.5 Å². The number of amides is 4. The third-order valence-electron chi connectivity index (χ3n) is 9.44. The first-order valence-corrected chi connectivity index (χ1v) is 17.4. The summed E-state index contributed by atoms with van der Waals surface area (Å²) in [6.45, 7) is 6.83. The highest BCUT2D eigenvalue weighted by Crippen LogP contribution is 2.29. The zero-order chi connectivity index (χ0) is 34.6. The first-order chi connectivity index (χ1) is 23.1. The molecule has 0 saturated heterocycles. The molecular formula is C37H54N4O7. The van der Waals surface area contributed by atoms with E-state index < -0.39 is 12.1 Å². The Morgan fingerprint density at radius 1 is 1.00 bits per heavy atom. The van der Waals surface area contributed by atoms with Crippen molar-refractivity contribution >= 4 is 29.2 Å². The molecule has 0 unspecified atom stereocenters. The number of hydrogen-bond acceptors (Lipinski definition) is 7. The Hall–Kier alpha value is -3.83. The quantitative estimate of drug-likeness (QED) is 0.307. The topological polar surface area (TPSA) is 130 Å². The number of benzene rings is 2. The molecule has 1 fully saturated rings. The number of anilines is 2. The van der Waals surface area contributed by atoms with Crippen LogP contribution in [0.3, 0.4) is 0 Å². The molecule has 2 aliphatic rings. The molecule has 1 heterocycles. The van der Waals surface area contributed by atoms with E-state index in [4.69, 9.17) is 14.2 Å². The van der Waals surface area contributed by atoms with Crippen LogP contribution in [0.5, 0.6) is 11.5 Å². The number of rotatable bonds is 8. The molecule has 4 rings (SSSR count). The van der Waals surface area contributed by atoms with Crippen LogP contribution in [-0.2, 0) is 9.53 Å².